The third-order valence-electron chi connectivity index (χ3n) is 6.66. The van der Waals surface area contributed by atoms with E-state index in [4.69, 9.17) is 14.2 Å². The fourth-order valence-electron chi connectivity index (χ4n) is 4.75. The number of benzene rings is 1. The van der Waals surface area contributed by atoms with Gasteiger partial charge in [0.1, 0.15) is 29.9 Å². The molecule has 2 aliphatic rings. The Kier molecular flexibility index (Phi) is 8.02. The average Bonchev–Trinajstić information content (AvgIpc) is 3.53. The molecule has 1 aliphatic carbocycles. The Balaban J connectivity index is 1.30. The van der Waals surface area contributed by atoms with Gasteiger partial charge in [0.25, 0.3) is 0 Å². The number of aromatic nitrogens is 4. The summed E-state index contributed by atoms with van der Waals surface area (Å²) in [6, 6.07) is 1.09. The van der Waals surface area contributed by atoms with Crippen molar-refractivity contribution in [1.29, 1.82) is 0 Å². The van der Waals surface area contributed by atoms with Gasteiger partial charge >= 0.3 is 6.16 Å². The Hall–Kier alpha value is -3.65. The molecule has 39 heavy (non-hydrogen) atoms. The summed E-state index contributed by atoms with van der Waals surface area (Å²) in [5.74, 6) is -2.64. The van der Waals surface area contributed by atoms with Crippen LogP contribution in [0.2, 0.25) is 0 Å². The third-order valence-corrected chi connectivity index (χ3v) is 6.66. The number of nitrogens with zero attached hydrogens (tertiary/aromatic N) is 5. The Morgan fingerprint density at radius 3 is 2.54 bits per heavy atom. The van der Waals surface area contributed by atoms with Crippen molar-refractivity contribution in [3.8, 4) is 0 Å². The minimum absolute atomic E-state index is 0.0614. The molecule has 0 amide bonds. The first kappa shape index (κ1) is 26.9. The minimum atomic E-state index is -1.08. The largest absolute Gasteiger partial charge is 0.509 e. The number of hydrogen-bond acceptors (Lipinski definition) is 10. The van der Waals surface area contributed by atoms with Gasteiger partial charge in [-0.25, -0.2) is 27.9 Å². The topological polar surface area (TPSA) is 116 Å². The van der Waals surface area contributed by atoms with Crippen LogP contribution < -0.4 is 10.6 Å². The summed E-state index contributed by atoms with van der Waals surface area (Å²) in [5.41, 5.74) is 0.378. The van der Waals surface area contributed by atoms with E-state index in [2.05, 4.69) is 25.6 Å². The molecule has 3 heterocycles. The lowest BCUT2D eigenvalue weighted by Gasteiger charge is -2.28. The predicted molar refractivity (Wildman–Crippen MR) is 135 cm³/mol. The van der Waals surface area contributed by atoms with Gasteiger partial charge in [0.15, 0.2) is 17.3 Å². The Bertz CT molecular complexity index is 1300. The maximum atomic E-state index is 14.4. The number of nitrogens with one attached hydrogen (secondary N) is 2. The van der Waals surface area contributed by atoms with Crippen LogP contribution in [0.4, 0.5) is 35.5 Å². The zero-order valence-electron chi connectivity index (χ0n) is 21.6. The monoisotopic (exact) mass is 549 g/mol. The Morgan fingerprint density at radius 2 is 1.87 bits per heavy atom. The molecule has 5 rings (SSSR count). The minimum Gasteiger partial charge on any atom is -0.431 e. The molecule has 2 fully saturated rings. The van der Waals surface area contributed by atoms with Gasteiger partial charge < -0.3 is 24.8 Å². The van der Waals surface area contributed by atoms with Crippen molar-refractivity contribution >= 4 is 34.9 Å². The quantitative estimate of drug-likeness (QED) is 0.311. The van der Waals surface area contributed by atoms with Crippen molar-refractivity contribution in [3.05, 3.63) is 35.8 Å². The van der Waals surface area contributed by atoms with Crippen molar-refractivity contribution in [1.82, 2.24) is 24.4 Å². The number of fused-ring (bicyclic) bond motifs is 1. The molecule has 0 bridgehead atoms. The van der Waals surface area contributed by atoms with Gasteiger partial charge in [-0.05, 0) is 46.2 Å². The molecular formula is C25H30F3N7O4. The zero-order valence-corrected chi connectivity index (χ0v) is 21.6. The molecule has 0 spiro atoms. The van der Waals surface area contributed by atoms with Crippen molar-refractivity contribution in [2.45, 2.75) is 50.3 Å². The molecule has 14 heteroatoms. The first-order valence-electron chi connectivity index (χ1n) is 12.8. The second-order valence-electron chi connectivity index (χ2n) is 9.93. The zero-order chi connectivity index (χ0) is 27.5. The molecule has 1 saturated carbocycles. The summed E-state index contributed by atoms with van der Waals surface area (Å²) in [7, 11) is 3.58. The summed E-state index contributed by atoms with van der Waals surface area (Å²) in [5, 5.41) is 6.01. The van der Waals surface area contributed by atoms with Crippen LogP contribution in [0.1, 0.15) is 38.1 Å². The second kappa shape index (κ2) is 11.6. The molecule has 11 nitrogen and oxygen atoms in total. The van der Waals surface area contributed by atoms with E-state index in [-0.39, 0.29) is 30.9 Å². The highest BCUT2D eigenvalue weighted by Gasteiger charge is 2.28. The fraction of sp³-hybridized carbons (Fsp3) is 0.520. The number of halogens is 3. The molecule has 3 aromatic rings. The highest BCUT2D eigenvalue weighted by Crippen LogP contribution is 2.32. The predicted octanol–water partition coefficient (Wildman–Crippen LogP) is 4.34. The number of hydrogen-bond donors (Lipinski definition) is 2. The first-order chi connectivity index (χ1) is 18.8. The summed E-state index contributed by atoms with van der Waals surface area (Å²) in [6.07, 6.45) is 4.09. The number of ether oxygens (including phenoxy) is 3. The normalized spacial score (nSPS) is 21.3. The van der Waals surface area contributed by atoms with Gasteiger partial charge in [0.05, 0.1) is 18.8 Å². The highest BCUT2D eigenvalue weighted by molar-refractivity contribution is 5.76. The summed E-state index contributed by atoms with van der Waals surface area (Å²) in [4.78, 5) is 27.1. The van der Waals surface area contributed by atoms with Crippen molar-refractivity contribution in [2.75, 3.05) is 44.7 Å². The Labute approximate surface area is 222 Å². The molecule has 1 aliphatic heterocycles. The van der Waals surface area contributed by atoms with Crippen LogP contribution >= 0.6 is 0 Å². The summed E-state index contributed by atoms with van der Waals surface area (Å²) in [6.45, 7) is 1.06. The number of rotatable bonds is 8. The van der Waals surface area contributed by atoms with Gasteiger partial charge in [0, 0.05) is 24.8 Å². The average molecular weight is 550 g/mol. The standard InChI is InChI=1S/C25H30F3N7O4/c1-34(2)13-38-25(36)39-17-5-3-15(4-6-17)30-23-29-11-20-22(33-23)35(16-7-8-37-12-16)24(31-20)32-21-18(27)9-14(26)10-19(21)28/h9-11,15-17H,3-8,12-13H2,1-2H3,(H,31,32)(H,29,30,33)/t15?,16-,17?/m0/s1. The molecule has 0 unspecified atom stereocenters. The second-order valence-corrected chi connectivity index (χ2v) is 9.93. The summed E-state index contributed by atoms with van der Waals surface area (Å²) < 4.78 is 59.9. The van der Waals surface area contributed by atoms with E-state index in [1.807, 2.05) is 0 Å². The molecule has 1 aromatic carbocycles. The van der Waals surface area contributed by atoms with Crippen molar-refractivity contribution in [2.24, 2.45) is 0 Å². The molecule has 2 N–H and O–H groups in total. The molecule has 2 aromatic heterocycles. The number of carbonyl (C=O) groups is 1. The van der Waals surface area contributed by atoms with Crippen LogP contribution in [0, 0.1) is 17.5 Å². The van der Waals surface area contributed by atoms with E-state index in [1.54, 1.807) is 23.6 Å². The fourth-order valence-corrected chi connectivity index (χ4v) is 4.75. The maximum absolute atomic E-state index is 14.4. The van der Waals surface area contributed by atoms with Crippen LogP contribution in [-0.4, -0.2) is 76.8 Å². The SMILES string of the molecule is CN(C)COC(=O)OC1CCC(Nc2ncc3nc(Nc4c(F)cc(F)cc4F)n([C@H]4CCOC4)c3n2)CC1. The lowest BCUT2D eigenvalue weighted by Crippen LogP contribution is -2.32. The van der Waals surface area contributed by atoms with Crippen LogP contribution in [0.5, 0.6) is 0 Å². The first-order valence-corrected chi connectivity index (χ1v) is 12.8. The van der Waals surface area contributed by atoms with Crippen molar-refractivity contribution in [3.63, 3.8) is 0 Å². The lowest BCUT2D eigenvalue weighted by molar-refractivity contribution is -0.00833. The van der Waals surface area contributed by atoms with E-state index < -0.39 is 29.3 Å². The van der Waals surface area contributed by atoms with E-state index in [1.165, 1.54) is 6.20 Å². The van der Waals surface area contributed by atoms with Crippen molar-refractivity contribution < 1.29 is 32.2 Å². The van der Waals surface area contributed by atoms with Gasteiger partial charge in [-0.3, -0.25) is 9.47 Å². The van der Waals surface area contributed by atoms with E-state index in [0.717, 1.165) is 12.8 Å². The van der Waals surface area contributed by atoms with E-state index in [9.17, 15) is 18.0 Å². The van der Waals surface area contributed by atoms with Crippen LogP contribution in [0.25, 0.3) is 11.2 Å². The molecule has 0 radical (unpaired) electrons. The summed E-state index contributed by atoms with van der Waals surface area (Å²) >= 11 is 0. The lowest BCUT2D eigenvalue weighted by atomic mass is 9.93. The van der Waals surface area contributed by atoms with Gasteiger partial charge in [0.2, 0.25) is 11.9 Å². The van der Waals surface area contributed by atoms with Gasteiger partial charge in [-0.2, -0.15) is 4.98 Å². The smallest absolute Gasteiger partial charge is 0.431 e. The van der Waals surface area contributed by atoms with Gasteiger partial charge in [-0.1, -0.05) is 0 Å². The molecule has 1 atom stereocenters. The molecule has 210 valence electrons. The molecule has 1 saturated heterocycles. The number of carbonyl (C=O) groups excluding carboxylic acids is 1. The highest BCUT2D eigenvalue weighted by atomic mass is 19.1. The third kappa shape index (κ3) is 6.33. The maximum Gasteiger partial charge on any atom is 0.509 e. The Morgan fingerprint density at radius 1 is 1.13 bits per heavy atom. The van der Waals surface area contributed by atoms with E-state index in [0.29, 0.717) is 61.7 Å². The number of imidazole rings is 1. The van der Waals surface area contributed by atoms with Crippen LogP contribution in [-0.2, 0) is 14.2 Å². The van der Waals surface area contributed by atoms with Crippen LogP contribution in [0.3, 0.4) is 0 Å². The van der Waals surface area contributed by atoms with Gasteiger partial charge in [-0.15, -0.1) is 0 Å². The van der Waals surface area contributed by atoms with Crippen LogP contribution in [0.15, 0.2) is 18.3 Å². The molecular weight excluding hydrogens is 519 g/mol. The van der Waals surface area contributed by atoms with E-state index >= 15 is 0 Å². The number of anilines is 3.